The van der Waals surface area contributed by atoms with E-state index in [-0.39, 0.29) is 11.4 Å². The van der Waals surface area contributed by atoms with E-state index in [4.69, 9.17) is 16.3 Å². The number of rotatable bonds is 3. The van der Waals surface area contributed by atoms with E-state index in [1.165, 1.54) is 4.57 Å². The summed E-state index contributed by atoms with van der Waals surface area (Å²) >= 11 is 7.20. The molecule has 1 aromatic heterocycles. The van der Waals surface area contributed by atoms with Crippen molar-refractivity contribution in [1.29, 1.82) is 0 Å². The minimum Gasteiger partial charge on any atom is -0.425 e. The molecule has 112 valence electrons. The van der Waals surface area contributed by atoms with E-state index in [0.717, 1.165) is 21.6 Å². The number of para-hydroxylation sites is 2. The van der Waals surface area contributed by atoms with Crippen molar-refractivity contribution >= 4 is 39.1 Å². The lowest BCUT2D eigenvalue weighted by Gasteiger charge is -2.08. The monoisotopic (exact) mass is 333 g/mol. The topological polar surface area (TPSA) is 48.3 Å². The highest BCUT2D eigenvalue weighted by molar-refractivity contribution is 7.16. The summed E-state index contributed by atoms with van der Waals surface area (Å²) in [5.41, 5.74) is 1.43. The van der Waals surface area contributed by atoms with Crippen LogP contribution < -0.4 is 9.61 Å². The number of thiazole rings is 1. The summed E-state index contributed by atoms with van der Waals surface area (Å²) in [7, 11) is 0. The molecule has 0 atom stereocenters. The molecule has 4 nitrogen and oxygen atoms in total. The number of aryl methyl sites for hydroxylation is 1. The summed E-state index contributed by atoms with van der Waals surface area (Å²) in [6.45, 7) is 1.68. The Bertz CT molecular complexity index is 913. The van der Waals surface area contributed by atoms with Gasteiger partial charge in [-0.1, -0.05) is 47.2 Å². The smallest absolute Gasteiger partial charge is 0.331 e. The molecule has 1 heterocycles. The average Bonchev–Trinajstić information content (AvgIpc) is 2.79. The SMILES string of the molecule is Cc1ccccc1OC(=O)Cn1c(=O)sc2cccc(Cl)c21. The number of carbonyl (C=O) groups excluding carboxylic acids is 1. The Morgan fingerprint density at radius 3 is 2.77 bits per heavy atom. The number of carbonyl (C=O) groups is 1. The zero-order valence-corrected chi connectivity index (χ0v) is 13.3. The van der Waals surface area contributed by atoms with Crippen molar-refractivity contribution in [3.63, 3.8) is 0 Å². The predicted molar refractivity (Wildman–Crippen MR) is 87.9 cm³/mol. The first-order chi connectivity index (χ1) is 10.6. The molecule has 22 heavy (non-hydrogen) atoms. The van der Waals surface area contributed by atoms with E-state index in [0.29, 0.717) is 16.3 Å². The molecule has 0 bridgehead atoms. The van der Waals surface area contributed by atoms with E-state index in [2.05, 4.69) is 0 Å². The average molecular weight is 334 g/mol. The first-order valence-electron chi connectivity index (χ1n) is 6.60. The maximum absolute atomic E-state index is 12.1. The van der Waals surface area contributed by atoms with Crippen LogP contribution in [0.3, 0.4) is 0 Å². The van der Waals surface area contributed by atoms with Gasteiger partial charge >= 0.3 is 10.8 Å². The lowest BCUT2D eigenvalue weighted by atomic mass is 10.2. The van der Waals surface area contributed by atoms with Gasteiger partial charge in [0.2, 0.25) is 0 Å². The normalized spacial score (nSPS) is 10.8. The Morgan fingerprint density at radius 1 is 1.23 bits per heavy atom. The van der Waals surface area contributed by atoms with E-state index < -0.39 is 5.97 Å². The first kappa shape index (κ1) is 14.8. The van der Waals surface area contributed by atoms with Crippen LogP contribution >= 0.6 is 22.9 Å². The summed E-state index contributed by atoms with van der Waals surface area (Å²) in [6.07, 6.45) is 0. The third-order valence-corrected chi connectivity index (χ3v) is 4.49. The zero-order chi connectivity index (χ0) is 15.7. The van der Waals surface area contributed by atoms with Gasteiger partial charge in [0, 0.05) is 0 Å². The summed E-state index contributed by atoms with van der Waals surface area (Å²) in [6, 6.07) is 12.5. The van der Waals surface area contributed by atoms with Gasteiger partial charge in [-0.3, -0.25) is 9.36 Å². The van der Waals surface area contributed by atoms with Gasteiger partial charge in [-0.05, 0) is 30.7 Å². The second-order valence-electron chi connectivity index (χ2n) is 4.78. The van der Waals surface area contributed by atoms with Gasteiger partial charge in [0.25, 0.3) is 0 Å². The van der Waals surface area contributed by atoms with Gasteiger partial charge in [0.15, 0.2) is 0 Å². The van der Waals surface area contributed by atoms with Crippen LogP contribution in [0.25, 0.3) is 10.2 Å². The molecule has 2 aromatic carbocycles. The molecular formula is C16H12ClNO3S. The Kier molecular flexibility index (Phi) is 4.00. The van der Waals surface area contributed by atoms with Crippen molar-refractivity contribution in [2.45, 2.75) is 13.5 Å². The minimum absolute atomic E-state index is 0.170. The quantitative estimate of drug-likeness (QED) is 0.543. The largest absolute Gasteiger partial charge is 0.425 e. The van der Waals surface area contributed by atoms with Crippen molar-refractivity contribution in [1.82, 2.24) is 4.57 Å². The molecule has 0 unspecified atom stereocenters. The van der Waals surface area contributed by atoms with Crippen molar-refractivity contribution in [3.05, 3.63) is 62.7 Å². The van der Waals surface area contributed by atoms with Crippen molar-refractivity contribution < 1.29 is 9.53 Å². The van der Waals surface area contributed by atoms with Crippen LogP contribution in [0, 0.1) is 6.92 Å². The lowest BCUT2D eigenvalue weighted by molar-refractivity contribution is -0.135. The summed E-state index contributed by atoms with van der Waals surface area (Å²) in [5.74, 6) is -0.0119. The lowest BCUT2D eigenvalue weighted by Crippen LogP contribution is -2.23. The standard InChI is InChI=1S/C16H12ClNO3S/c1-10-5-2-3-7-12(10)21-14(19)9-18-15-11(17)6-4-8-13(15)22-16(18)20/h2-8H,9H2,1H3. The number of nitrogens with zero attached hydrogens (tertiary/aromatic N) is 1. The molecule has 0 spiro atoms. The number of hydrogen-bond acceptors (Lipinski definition) is 4. The van der Waals surface area contributed by atoms with Crippen LogP contribution in [0.15, 0.2) is 47.3 Å². The van der Waals surface area contributed by atoms with Crippen molar-refractivity contribution in [3.8, 4) is 5.75 Å². The molecule has 0 fully saturated rings. The summed E-state index contributed by atoms with van der Waals surface area (Å²) in [5, 5.41) is 0.444. The fourth-order valence-electron chi connectivity index (χ4n) is 2.18. The van der Waals surface area contributed by atoms with Crippen LogP contribution in [-0.2, 0) is 11.3 Å². The molecule has 0 aliphatic carbocycles. The third-order valence-electron chi connectivity index (χ3n) is 3.24. The maximum atomic E-state index is 12.1. The number of hydrogen-bond donors (Lipinski definition) is 0. The molecule has 0 N–H and O–H groups in total. The van der Waals surface area contributed by atoms with Crippen LogP contribution in [0.2, 0.25) is 5.02 Å². The zero-order valence-electron chi connectivity index (χ0n) is 11.7. The van der Waals surface area contributed by atoms with E-state index in [1.54, 1.807) is 30.3 Å². The first-order valence-corrected chi connectivity index (χ1v) is 7.80. The van der Waals surface area contributed by atoms with Gasteiger partial charge in [-0.2, -0.15) is 0 Å². The molecule has 0 aliphatic rings. The third kappa shape index (κ3) is 2.77. The molecule has 0 radical (unpaired) electrons. The molecule has 0 saturated carbocycles. The summed E-state index contributed by atoms with van der Waals surface area (Å²) < 4.78 is 7.43. The van der Waals surface area contributed by atoms with Crippen LogP contribution in [-0.4, -0.2) is 10.5 Å². The van der Waals surface area contributed by atoms with Gasteiger partial charge in [-0.25, -0.2) is 4.79 Å². The van der Waals surface area contributed by atoms with E-state index in [1.807, 2.05) is 19.1 Å². The van der Waals surface area contributed by atoms with Crippen LogP contribution in [0.5, 0.6) is 5.75 Å². The highest BCUT2D eigenvalue weighted by Crippen LogP contribution is 2.25. The highest BCUT2D eigenvalue weighted by Gasteiger charge is 2.15. The van der Waals surface area contributed by atoms with Crippen LogP contribution in [0.1, 0.15) is 5.56 Å². The van der Waals surface area contributed by atoms with Gasteiger partial charge in [0.05, 0.1) is 15.2 Å². The maximum Gasteiger partial charge on any atom is 0.331 e. The molecule has 0 saturated heterocycles. The Balaban J connectivity index is 1.91. The molecular weight excluding hydrogens is 322 g/mol. The van der Waals surface area contributed by atoms with Gasteiger partial charge in [0.1, 0.15) is 12.3 Å². The van der Waals surface area contributed by atoms with Gasteiger partial charge < -0.3 is 4.74 Å². The number of aromatic nitrogens is 1. The number of fused-ring (bicyclic) bond motifs is 1. The molecule has 6 heteroatoms. The Morgan fingerprint density at radius 2 is 2.00 bits per heavy atom. The Labute approximate surface area is 135 Å². The molecule has 0 aliphatic heterocycles. The molecule has 0 amide bonds. The Hall–Kier alpha value is -2.11. The minimum atomic E-state index is -0.504. The number of ether oxygens (including phenoxy) is 1. The van der Waals surface area contributed by atoms with Crippen LogP contribution in [0.4, 0.5) is 0 Å². The van der Waals surface area contributed by atoms with Crippen molar-refractivity contribution in [2.75, 3.05) is 0 Å². The second kappa shape index (κ2) is 5.94. The summed E-state index contributed by atoms with van der Waals surface area (Å²) in [4.78, 5) is 23.9. The van der Waals surface area contributed by atoms with Crippen molar-refractivity contribution in [2.24, 2.45) is 0 Å². The molecule has 3 rings (SSSR count). The van der Waals surface area contributed by atoms with E-state index >= 15 is 0 Å². The number of halogens is 1. The second-order valence-corrected chi connectivity index (χ2v) is 6.18. The highest BCUT2D eigenvalue weighted by atomic mass is 35.5. The number of esters is 1. The van der Waals surface area contributed by atoms with E-state index in [9.17, 15) is 9.59 Å². The van der Waals surface area contributed by atoms with Gasteiger partial charge in [-0.15, -0.1) is 0 Å². The molecule has 3 aromatic rings. The number of benzene rings is 2. The fourth-order valence-corrected chi connectivity index (χ4v) is 3.43. The predicted octanol–water partition coefficient (Wildman–Crippen LogP) is 3.63. The fraction of sp³-hybridized carbons (Fsp3) is 0.125.